The maximum atomic E-state index is 13.1. The van der Waals surface area contributed by atoms with Gasteiger partial charge in [0, 0.05) is 32.4 Å². The number of benzene rings is 1. The van der Waals surface area contributed by atoms with Crippen molar-refractivity contribution >= 4 is 33.4 Å². The predicted octanol–water partition coefficient (Wildman–Crippen LogP) is 3.16. The molecule has 2 heterocycles. The highest BCUT2D eigenvalue weighted by Gasteiger charge is 2.34. The number of amides is 1. The van der Waals surface area contributed by atoms with E-state index in [4.69, 9.17) is 0 Å². The molecule has 2 aromatic rings. The zero-order chi connectivity index (χ0) is 23.5. The van der Waals surface area contributed by atoms with Gasteiger partial charge in [-0.3, -0.25) is 4.79 Å². The third-order valence-electron chi connectivity index (χ3n) is 4.97. The number of hydrogen-bond acceptors (Lipinski definition) is 6. The molecular weight excluding hydrogens is 465 g/mol. The minimum Gasteiger partial charge on any atom is -0.325 e. The van der Waals surface area contributed by atoms with Crippen LogP contribution < -0.4 is 5.32 Å². The lowest BCUT2D eigenvalue weighted by Gasteiger charge is -2.31. The molecule has 3 rings (SSSR count). The molecule has 1 aliphatic heterocycles. The average molecular weight is 489 g/mol. The molecule has 32 heavy (non-hydrogen) atoms. The van der Waals surface area contributed by atoms with Gasteiger partial charge in [-0.1, -0.05) is 23.9 Å². The first-order valence-electron chi connectivity index (χ1n) is 9.77. The SMILES string of the molecule is C[C@H](Sc1ccc(S(=O)(=O)N2CCN(C)CC2)cn1)C(=O)Nc1ccccc1C(F)(F)F. The predicted molar refractivity (Wildman–Crippen MR) is 116 cm³/mol. The number of nitrogens with one attached hydrogen (secondary N) is 1. The highest BCUT2D eigenvalue weighted by atomic mass is 32.2. The largest absolute Gasteiger partial charge is 0.418 e. The summed E-state index contributed by atoms with van der Waals surface area (Å²) >= 11 is 1.02. The van der Waals surface area contributed by atoms with E-state index in [0.29, 0.717) is 31.2 Å². The molecule has 7 nitrogen and oxygen atoms in total. The molecule has 0 radical (unpaired) electrons. The summed E-state index contributed by atoms with van der Waals surface area (Å²) in [7, 11) is -1.73. The summed E-state index contributed by atoms with van der Waals surface area (Å²) < 4.78 is 66.3. The molecule has 0 spiro atoms. The smallest absolute Gasteiger partial charge is 0.325 e. The second kappa shape index (κ2) is 9.77. The van der Waals surface area contributed by atoms with Crippen molar-refractivity contribution in [1.82, 2.24) is 14.2 Å². The number of aromatic nitrogens is 1. The molecule has 1 fully saturated rings. The van der Waals surface area contributed by atoms with Gasteiger partial charge in [0.25, 0.3) is 0 Å². The quantitative estimate of drug-likeness (QED) is 0.629. The van der Waals surface area contributed by atoms with Gasteiger partial charge in [0.1, 0.15) is 4.90 Å². The van der Waals surface area contributed by atoms with Crippen LogP contribution in [0.2, 0.25) is 0 Å². The van der Waals surface area contributed by atoms with Gasteiger partial charge in [-0.2, -0.15) is 17.5 Å². The van der Waals surface area contributed by atoms with E-state index in [1.165, 1.54) is 47.8 Å². The molecule has 1 aromatic carbocycles. The summed E-state index contributed by atoms with van der Waals surface area (Å²) in [5, 5.41) is 1.93. The zero-order valence-electron chi connectivity index (χ0n) is 17.5. The normalized spacial score (nSPS) is 17.2. The van der Waals surface area contributed by atoms with E-state index >= 15 is 0 Å². The topological polar surface area (TPSA) is 82.6 Å². The minimum atomic E-state index is -4.59. The van der Waals surface area contributed by atoms with Crippen molar-refractivity contribution in [3.63, 3.8) is 0 Å². The molecule has 0 bridgehead atoms. The number of carbonyl (C=O) groups is 1. The number of carbonyl (C=O) groups excluding carboxylic acids is 1. The molecule has 1 aromatic heterocycles. The average Bonchev–Trinajstić information content (AvgIpc) is 2.74. The Labute approximate surface area is 189 Å². The summed E-state index contributed by atoms with van der Waals surface area (Å²) in [5.74, 6) is -0.623. The number of rotatable bonds is 6. The number of halogens is 3. The van der Waals surface area contributed by atoms with Crippen molar-refractivity contribution in [2.45, 2.75) is 28.3 Å². The first-order chi connectivity index (χ1) is 15.0. The van der Waals surface area contributed by atoms with Gasteiger partial charge in [0.2, 0.25) is 15.9 Å². The van der Waals surface area contributed by atoms with Gasteiger partial charge in [0.05, 0.1) is 21.5 Å². The summed E-state index contributed by atoms with van der Waals surface area (Å²) in [6, 6.07) is 7.65. The van der Waals surface area contributed by atoms with Crippen molar-refractivity contribution in [1.29, 1.82) is 0 Å². The molecule has 0 saturated carbocycles. The fraction of sp³-hybridized carbons (Fsp3) is 0.400. The molecule has 1 amide bonds. The molecule has 0 aliphatic carbocycles. The van der Waals surface area contributed by atoms with Crippen LogP contribution in [0.4, 0.5) is 18.9 Å². The third-order valence-corrected chi connectivity index (χ3v) is 7.90. The van der Waals surface area contributed by atoms with Crippen molar-refractivity contribution < 1.29 is 26.4 Å². The van der Waals surface area contributed by atoms with Crippen LogP contribution in [0.15, 0.2) is 52.5 Å². The minimum absolute atomic E-state index is 0.0580. The van der Waals surface area contributed by atoms with Crippen LogP contribution in [0.1, 0.15) is 12.5 Å². The first kappa shape index (κ1) is 24.5. The van der Waals surface area contributed by atoms with Crippen molar-refractivity contribution in [3.8, 4) is 0 Å². The summed E-state index contributed by atoms with van der Waals surface area (Å²) in [6.07, 6.45) is -3.35. The van der Waals surface area contributed by atoms with Crippen molar-refractivity contribution in [3.05, 3.63) is 48.2 Å². The van der Waals surface area contributed by atoms with Gasteiger partial charge in [0.15, 0.2) is 0 Å². The lowest BCUT2D eigenvalue weighted by atomic mass is 10.1. The lowest BCUT2D eigenvalue weighted by molar-refractivity contribution is -0.137. The number of pyridine rings is 1. The van der Waals surface area contributed by atoms with Crippen LogP contribution in [-0.2, 0) is 21.0 Å². The second-order valence-corrected chi connectivity index (χ2v) is 10.6. The number of anilines is 1. The number of likely N-dealkylation sites (N-methyl/N-ethyl adjacent to an activating group) is 1. The maximum absolute atomic E-state index is 13.1. The van der Waals surface area contributed by atoms with Crippen molar-refractivity contribution in [2.75, 3.05) is 38.5 Å². The molecule has 1 atom stereocenters. The first-order valence-corrected chi connectivity index (χ1v) is 12.1. The fourth-order valence-corrected chi connectivity index (χ4v) is 5.23. The summed E-state index contributed by atoms with van der Waals surface area (Å²) in [6.45, 7) is 3.61. The lowest BCUT2D eigenvalue weighted by Crippen LogP contribution is -2.47. The number of thioether (sulfide) groups is 1. The Bertz CT molecular complexity index is 1050. The van der Waals surface area contributed by atoms with Gasteiger partial charge in [-0.15, -0.1) is 0 Å². The molecule has 1 N–H and O–H groups in total. The Morgan fingerprint density at radius 3 is 2.38 bits per heavy atom. The molecule has 174 valence electrons. The standard InChI is InChI=1S/C20H23F3N4O3S2/c1-14(19(28)25-17-6-4-3-5-16(17)20(21,22)23)31-18-8-7-15(13-24-18)32(29,30)27-11-9-26(2)10-12-27/h3-8,13-14H,9-12H2,1-2H3,(H,25,28)/t14-/m0/s1. The van der Waals surface area contributed by atoms with Gasteiger partial charge < -0.3 is 10.2 Å². The molecule has 1 saturated heterocycles. The Hall–Kier alpha value is -2.15. The van der Waals surface area contributed by atoms with E-state index in [-0.39, 0.29) is 10.6 Å². The van der Waals surface area contributed by atoms with Gasteiger partial charge in [-0.05, 0) is 38.2 Å². The maximum Gasteiger partial charge on any atom is 0.418 e. The molecule has 0 unspecified atom stereocenters. The van der Waals surface area contributed by atoms with E-state index in [0.717, 1.165) is 17.8 Å². The number of hydrogen-bond donors (Lipinski definition) is 1. The van der Waals surface area contributed by atoms with Crippen LogP contribution in [0.3, 0.4) is 0 Å². The second-order valence-electron chi connectivity index (χ2n) is 7.33. The Morgan fingerprint density at radius 2 is 1.78 bits per heavy atom. The van der Waals surface area contributed by atoms with Crippen LogP contribution in [0.5, 0.6) is 0 Å². The highest BCUT2D eigenvalue weighted by Crippen LogP contribution is 2.35. The van der Waals surface area contributed by atoms with Crippen LogP contribution >= 0.6 is 11.8 Å². The van der Waals surface area contributed by atoms with Crippen molar-refractivity contribution in [2.24, 2.45) is 0 Å². The fourth-order valence-electron chi connectivity index (χ4n) is 3.07. The summed E-state index contributed by atoms with van der Waals surface area (Å²) in [4.78, 5) is 18.7. The van der Waals surface area contributed by atoms with E-state index in [1.807, 2.05) is 11.9 Å². The Balaban J connectivity index is 1.65. The Morgan fingerprint density at radius 1 is 1.12 bits per heavy atom. The van der Waals surface area contributed by atoms with Gasteiger partial charge >= 0.3 is 6.18 Å². The van der Waals surface area contributed by atoms with E-state index in [9.17, 15) is 26.4 Å². The van der Waals surface area contributed by atoms with E-state index in [1.54, 1.807) is 0 Å². The number of alkyl halides is 3. The monoisotopic (exact) mass is 488 g/mol. The Kier molecular flexibility index (Phi) is 7.48. The number of nitrogens with zero attached hydrogens (tertiary/aromatic N) is 3. The van der Waals surface area contributed by atoms with E-state index < -0.39 is 32.9 Å². The van der Waals surface area contributed by atoms with Crippen LogP contribution in [0.25, 0.3) is 0 Å². The highest BCUT2D eigenvalue weighted by molar-refractivity contribution is 8.00. The number of para-hydroxylation sites is 1. The number of piperazine rings is 1. The summed E-state index contributed by atoms with van der Waals surface area (Å²) in [5.41, 5.74) is -1.25. The number of sulfonamides is 1. The molecule has 12 heteroatoms. The van der Waals surface area contributed by atoms with Crippen LogP contribution in [0, 0.1) is 0 Å². The zero-order valence-corrected chi connectivity index (χ0v) is 19.1. The van der Waals surface area contributed by atoms with E-state index in [2.05, 4.69) is 10.3 Å². The molecular formula is C20H23F3N4O3S2. The third kappa shape index (κ3) is 5.80. The van der Waals surface area contributed by atoms with Crippen LogP contribution in [-0.4, -0.2) is 67.0 Å². The van der Waals surface area contributed by atoms with Gasteiger partial charge in [-0.25, -0.2) is 13.4 Å². The molecule has 1 aliphatic rings.